The lowest BCUT2D eigenvalue weighted by Gasteiger charge is -2.43. The average Bonchev–Trinajstić information content (AvgIpc) is 2.19. The van der Waals surface area contributed by atoms with Gasteiger partial charge >= 0.3 is 0 Å². The van der Waals surface area contributed by atoms with Crippen LogP contribution in [0.1, 0.15) is 33.1 Å². The molecule has 0 heterocycles. The van der Waals surface area contributed by atoms with E-state index in [1.54, 1.807) is 0 Å². The molecule has 0 aliphatic heterocycles. The molecule has 0 radical (unpaired) electrons. The zero-order valence-electron chi connectivity index (χ0n) is 9.16. The van der Waals surface area contributed by atoms with Crippen molar-refractivity contribution in [1.29, 1.82) is 5.26 Å². The molecule has 3 aliphatic carbocycles. The van der Waals surface area contributed by atoms with E-state index in [1.165, 1.54) is 0 Å². The molecule has 2 bridgehead atoms. The molecule has 3 unspecified atom stereocenters. The monoisotopic (exact) mass is 225 g/mol. The van der Waals surface area contributed by atoms with Crippen LogP contribution in [0.4, 0.5) is 0 Å². The number of allylic oxidation sites excluding steroid dienone is 2. The number of nitrogens with zero attached hydrogens (tertiary/aromatic N) is 1. The number of fused-ring (bicyclic) bond motifs is 2. The topological polar surface area (TPSA) is 33.0 Å². The van der Waals surface area contributed by atoms with Gasteiger partial charge in [0.1, 0.15) is 4.87 Å². The van der Waals surface area contributed by atoms with Gasteiger partial charge in [-0.15, -0.1) is 11.6 Å². The smallest absolute Gasteiger partial charge is 0.138 e. The molecular weight excluding hydrogens is 210 g/mol. The first-order valence-corrected chi connectivity index (χ1v) is 5.91. The quantitative estimate of drug-likeness (QED) is 0.676. The summed E-state index contributed by atoms with van der Waals surface area (Å²) in [5.41, 5.74) is 0. The zero-order chi connectivity index (χ0) is 11.1. The molecule has 0 aromatic rings. The fourth-order valence-electron chi connectivity index (χ4n) is 2.55. The molecule has 3 heteroatoms. The van der Waals surface area contributed by atoms with Crippen LogP contribution in [-0.4, -0.2) is 11.0 Å². The molecule has 2 nitrogen and oxygen atoms in total. The molecule has 3 rings (SSSR count). The van der Waals surface area contributed by atoms with E-state index >= 15 is 0 Å². The molecule has 82 valence electrons. The number of ether oxygens (including phenoxy) is 1. The Morgan fingerprint density at radius 1 is 1.60 bits per heavy atom. The summed E-state index contributed by atoms with van der Waals surface area (Å²) in [6.45, 7) is 4.06. The minimum atomic E-state index is -0.674. The molecular formula is C12H16ClNO. The van der Waals surface area contributed by atoms with Crippen LogP contribution in [0.2, 0.25) is 0 Å². The molecule has 15 heavy (non-hydrogen) atoms. The molecule has 0 amide bonds. The van der Waals surface area contributed by atoms with E-state index in [0.29, 0.717) is 5.92 Å². The van der Waals surface area contributed by atoms with Crippen LogP contribution >= 0.6 is 11.6 Å². The van der Waals surface area contributed by atoms with Crippen LogP contribution in [0.25, 0.3) is 0 Å². The Morgan fingerprint density at radius 3 is 2.80 bits per heavy atom. The van der Waals surface area contributed by atoms with Crippen molar-refractivity contribution < 1.29 is 4.74 Å². The van der Waals surface area contributed by atoms with Gasteiger partial charge in [-0.2, -0.15) is 5.26 Å². The van der Waals surface area contributed by atoms with Crippen molar-refractivity contribution in [3.63, 3.8) is 0 Å². The van der Waals surface area contributed by atoms with Gasteiger partial charge in [-0.25, -0.2) is 0 Å². The molecule has 0 aromatic heterocycles. The third kappa shape index (κ3) is 1.86. The van der Waals surface area contributed by atoms with E-state index in [9.17, 15) is 0 Å². The van der Waals surface area contributed by atoms with Gasteiger partial charge in [0.15, 0.2) is 0 Å². The molecule has 3 atom stereocenters. The summed E-state index contributed by atoms with van der Waals surface area (Å²) in [7, 11) is 0. The average molecular weight is 226 g/mol. The van der Waals surface area contributed by atoms with E-state index in [0.717, 1.165) is 25.0 Å². The maximum absolute atomic E-state index is 9.09. The molecule has 0 aromatic carbocycles. The van der Waals surface area contributed by atoms with Crippen molar-refractivity contribution in [2.24, 2.45) is 11.8 Å². The van der Waals surface area contributed by atoms with Crippen molar-refractivity contribution in [1.82, 2.24) is 0 Å². The third-order valence-electron chi connectivity index (χ3n) is 3.28. The summed E-state index contributed by atoms with van der Waals surface area (Å²) in [5.74, 6) is 1.59. The van der Waals surface area contributed by atoms with Crippen LogP contribution in [0.15, 0.2) is 11.8 Å². The standard InChI is InChI=1S/C12H16ClNO/c1-8(2)15-11-5-10-4-3-9(11)6-12(10,13)7-14/h5,8-10H,3-4,6H2,1-2H3. The number of nitriles is 1. The summed E-state index contributed by atoms with van der Waals surface area (Å²) < 4.78 is 5.76. The molecule has 0 N–H and O–H groups in total. The van der Waals surface area contributed by atoms with Gasteiger partial charge in [0.25, 0.3) is 0 Å². The fraction of sp³-hybridized carbons (Fsp3) is 0.750. The molecule has 0 saturated heterocycles. The lowest BCUT2D eigenvalue weighted by Crippen LogP contribution is -2.41. The highest BCUT2D eigenvalue weighted by Gasteiger charge is 2.47. The second kappa shape index (κ2) is 3.72. The van der Waals surface area contributed by atoms with Gasteiger partial charge in [-0.1, -0.05) is 0 Å². The van der Waals surface area contributed by atoms with Crippen LogP contribution in [0.5, 0.6) is 0 Å². The normalized spacial score (nSPS) is 38.7. The highest BCUT2D eigenvalue weighted by atomic mass is 35.5. The Labute approximate surface area is 95.9 Å². The third-order valence-corrected chi connectivity index (χ3v) is 3.80. The lowest BCUT2D eigenvalue weighted by molar-refractivity contribution is 0.0843. The largest absolute Gasteiger partial charge is 0.495 e. The minimum absolute atomic E-state index is 0.169. The number of rotatable bonds is 2. The van der Waals surface area contributed by atoms with Gasteiger partial charge < -0.3 is 4.74 Å². The van der Waals surface area contributed by atoms with E-state index in [1.807, 2.05) is 13.8 Å². The highest BCUT2D eigenvalue weighted by Crippen LogP contribution is 2.50. The van der Waals surface area contributed by atoms with Crippen LogP contribution in [0, 0.1) is 23.2 Å². The minimum Gasteiger partial charge on any atom is -0.495 e. The van der Waals surface area contributed by atoms with Gasteiger partial charge in [-0.3, -0.25) is 0 Å². The molecule has 0 spiro atoms. The molecule has 1 fully saturated rings. The Hall–Kier alpha value is -0.680. The van der Waals surface area contributed by atoms with Crippen LogP contribution < -0.4 is 0 Å². The molecule has 3 aliphatic rings. The number of hydrogen-bond acceptors (Lipinski definition) is 2. The fourth-order valence-corrected chi connectivity index (χ4v) is 2.91. The number of alkyl halides is 1. The predicted octanol–water partition coefficient (Wildman–Crippen LogP) is 3.23. The van der Waals surface area contributed by atoms with Crippen molar-refractivity contribution in [2.45, 2.75) is 44.1 Å². The van der Waals surface area contributed by atoms with E-state index in [-0.39, 0.29) is 12.0 Å². The van der Waals surface area contributed by atoms with Crippen LogP contribution in [-0.2, 0) is 4.74 Å². The first kappa shape index (κ1) is 10.8. The highest BCUT2D eigenvalue weighted by molar-refractivity contribution is 6.26. The van der Waals surface area contributed by atoms with E-state index in [2.05, 4.69) is 12.1 Å². The SMILES string of the molecule is CC(C)OC1=CC2CCC1CC2(Cl)C#N. The van der Waals surface area contributed by atoms with Crippen molar-refractivity contribution in [3.05, 3.63) is 11.8 Å². The Kier molecular flexibility index (Phi) is 2.68. The first-order chi connectivity index (χ1) is 7.05. The van der Waals surface area contributed by atoms with Gasteiger partial charge in [-0.05, 0) is 39.2 Å². The van der Waals surface area contributed by atoms with E-state index in [4.69, 9.17) is 21.6 Å². The first-order valence-electron chi connectivity index (χ1n) is 5.53. The second-order valence-corrected chi connectivity index (χ2v) is 5.47. The van der Waals surface area contributed by atoms with Crippen LogP contribution in [0.3, 0.4) is 0 Å². The summed E-state index contributed by atoms with van der Waals surface area (Å²) in [6.07, 6.45) is 5.16. The summed E-state index contributed by atoms with van der Waals surface area (Å²) in [5, 5.41) is 9.09. The Balaban J connectivity index is 2.20. The van der Waals surface area contributed by atoms with Crippen molar-refractivity contribution >= 4 is 11.6 Å². The van der Waals surface area contributed by atoms with Crippen molar-refractivity contribution in [2.75, 3.05) is 0 Å². The van der Waals surface area contributed by atoms with Gasteiger partial charge in [0.2, 0.25) is 0 Å². The Morgan fingerprint density at radius 2 is 2.33 bits per heavy atom. The van der Waals surface area contributed by atoms with Gasteiger partial charge in [0.05, 0.1) is 17.9 Å². The number of hydrogen-bond donors (Lipinski definition) is 0. The lowest BCUT2D eigenvalue weighted by atomic mass is 9.68. The zero-order valence-corrected chi connectivity index (χ0v) is 9.92. The van der Waals surface area contributed by atoms with Gasteiger partial charge in [0, 0.05) is 11.8 Å². The maximum atomic E-state index is 9.09. The maximum Gasteiger partial charge on any atom is 0.138 e. The summed E-state index contributed by atoms with van der Waals surface area (Å²) in [4.78, 5) is -0.674. The summed E-state index contributed by atoms with van der Waals surface area (Å²) in [6, 6.07) is 2.25. The van der Waals surface area contributed by atoms with E-state index < -0.39 is 4.87 Å². The van der Waals surface area contributed by atoms with Crippen molar-refractivity contribution in [3.8, 4) is 6.07 Å². The second-order valence-electron chi connectivity index (χ2n) is 4.79. The Bertz CT molecular complexity index is 331. The predicted molar refractivity (Wildman–Crippen MR) is 59.3 cm³/mol. The molecule has 1 saturated carbocycles. The summed E-state index contributed by atoms with van der Waals surface area (Å²) >= 11 is 6.30. The number of halogens is 1.